The van der Waals surface area contributed by atoms with Crippen LogP contribution in [0.15, 0.2) is 48.5 Å². The fraction of sp³-hybridized carbons (Fsp3) is 0.250. The highest BCUT2D eigenvalue weighted by Gasteiger charge is 2.29. The van der Waals surface area contributed by atoms with Gasteiger partial charge in [-0.15, -0.1) is 0 Å². The van der Waals surface area contributed by atoms with E-state index in [4.69, 9.17) is 5.73 Å². The highest BCUT2D eigenvalue weighted by atomic mass is 19.1. The molecule has 2 N–H and O–H groups in total. The van der Waals surface area contributed by atoms with Gasteiger partial charge in [0.05, 0.1) is 0 Å². The van der Waals surface area contributed by atoms with Gasteiger partial charge in [-0.1, -0.05) is 38.1 Å². The summed E-state index contributed by atoms with van der Waals surface area (Å²) < 4.78 is 25.9. The molecule has 0 fully saturated rings. The van der Waals surface area contributed by atoms with Crippen LogP contribution >= 0.6 is 0 Å². The molecule has 0 saturated heterocycles. The molecule has 2 aromatic rings. The fourth-order valence-corrected chi connectivity index (χ4v) is 2.15. The van der Waals surface area contributed by atoms with Gasteiger partial charge in [-0.2, -0.15) is 0 Å². The second kappa shape index (κ2) is 5.10. The monoisotopic (exact) mass is 261 g/mol. The number of hydrogen-bond acceptors (Lipinski definition) is 1. The van der Waals surface area contributed by atoms with Gasteiger partial charge in [0.1, 0.15) is 11.6 Å². The Labute approximate surface area is 112 Å². The predicted octanol–water partition coefficient (Wildman–Crippen LogP) is 3.94. The van der Waals surface area contributed by atoms with E-state index in [2.05, 4.69) is 0 Å². The van der Waals surface area contributed by atoms with Gasteiger partial charge in [-0.05, 0) is 35.4 Å². The summed E-state index contributed by atoms with van der Waals surface area (Å²) in [5, 5.41) is 0. The first-order chi connectivity index (χ1) is 8.91. The maximum Gasteiger partial charge on any atom is 0.123 e. The summed E-state index contributed by atoms with van der Waals surface area (Å²) in [6.07, 6.45) is 0. The first-order valence-electron chi connectivity index (χ1n) is 6.18. The molecule has 0 amide bonds. The van der Waals surface area contributed by atoms with Crippen LogP contribution in [-0.2, 0) is 5.41 Å². The lowest BCUT2D eigenvalue weighted by Gasteiger charge is -2.32. The Kier molecular flexibility index (Phi) is 3.67. The quantitative estimate of drug-likeness (QED) is 0.889. The molecular weight excluding hydrogens is 244 g/mol. The molecule has 1 unspecified atom stereocenters. The first-order valence-corrected chi connectivity index (χ1v) is 6.18. The van der Waals surface area contributed by atoms with E-state index in [0.717, 1.165) is 11.1 Å². The van der Waals surface area contributed by atoms with Crippen LogP contribution in [0.4, 0.5) is 8.78 Å². The molecule has 0 aliphatic carbocycles. The number of hydrogen-bond donors (Lipinski definition) is 1. The summed E-state index contributed by atoms with van der Waals surface area (Å²) in [5.41, 5.74) is 7.71. The molecule has 0 aliphatic heterocycles. The molecule has 100 valence electrons. The van der Waals surface area contributed by atoms with E-state index >= 15 is 0 Å². The Bertz CT molecular complexity index is 544. The summed E-state index contributed by atoms with van der Waals surface area (Å²) in [4.78, 5) is 0. The molecule has 2 aromatic carbocycles. The summed E-state index contributed by atoms with van der Waals surface area (Å²) in [6, 6.07) is 12.2. The molecule has 0 bridgehead atoms. The standard InChI is InChI=1S/C16H17F2N/c1-16(2,12-5-9-14(18)10-6-12)15(19)11-3-7-13(17)8-4-11/h3-10,15H,19H2,1-2H3. The van der Waals surface area contributed by atoms with Gasteiger partial charge in [0.2, 0.25) is 0 Å². The third kappa shape index (κ3) is 2.82. The van der Waals surface area contributed by atoms with E-state index in [1.165, 1.54) is 24.3 Å². The van der Waals surface area contributed by atoms with Crippen molar-refractivity contribution in [2.45, 2.75) is 25.3 Å². The van der Waals surface area contributed by atoms with Gasteiger partial charge >= 0.3 is 0 Å². The Balaban J connectivity index is 2.32. The molecule has 0 spiro atoms. The average Bonchev–Trinajstić information content (AvgIpc) is 2.39. The first kappa shape index (κ1) is 13.7. The lowest BCUT2D eigenvalue weighted by Crippen LogP contribution is -2.33. The molecule has 2 rings (SSSR count). The topological polar surface area (TPSA) is 26.0 Å². The molecule has 19 heavy (non-hydrogen) atoms. The average molecular weight is 261 g/mol. The van der Waals surface area contributed by atoms with Crippen LogP contribution < -0.4 is 5.73 Å². The molecule has 0 aromatic heterocycles. The Morgan fingerprint density at radius 3 is 1.74 bits per heavy atom. The van der Waals surface area contributed by atoms with E-state index in [9.17, 15) is 8.78 Å². The van der Waals surface area contributed by atoms with Gasteiger partial charge in [-0.3, -0.25) is 0 Å². The summed E-state index contributed by atoms with van der Waals surface area (Å²) in [7, 11) is 0. The van der Waals surface area contributed by atoms with Crippen LogP contribution in [0.5, 0.6) is 0 Å². The zero-order valence-electron chi connectivity index (χ0n) is 11.0. The van der Waals surface area contributed by atoms with Gasteiger partial charge in [-0.25, -0.2) is 8.78 Å². The highest BCUT2D eigenvalue weighted by molar-refractivity contribution is 5.31. The predicted molar refractivity (Wildman–Crippen MR) is 72.8 cm³/mol. The van der Waals surface area contributed by atoms with Crippen molar-refractivity contribution in [1.82, 2.24) is 0 Å². The van der Waals surface area contributed by atoms with Crippen molar-refractivity contribution in [3.63, 3.8) is 0 Å². The van der Waals surface area contributed by atoms with Crippen LogP contribution in [-0.4, -0.2) is 0 Å². The van der Waals surface area contributed by atoms with Crippen molar-refractivity contribution < 1.29 is 8.78 Å². The van der Waals surface area contributed by atoms with Gasteiger partial charge in [0.15, 0.2) is 0 Å². The molecule has 3 heteroatoms. The number of benzene rings is 2. The van der Waals surface area contributed by atoms with Crippen LogP contribution in [0.3, 0.4) is 0 Å². The lowest BCUT2D eigenvalue weighted by molar-refractivity contribution is 0.419. The third-order valence-corrected chi connectivity index (χ3v) is 3.59. The second-order valence-corrected chi connectivity index (χ2v) is 5.26. The fourth-order valence-electron chi connectivity index (χ4n) is 2.15. The van der Waals surface area contributed by atoms with Crippen LogP contribution in [0.1, 0.15) is 31.0 Å². The number of halogens is 2. The smallest absolute Gasteiger partial charge is 0.123 e. The van der Waals surface area contributed by atoms with E-state index in [-0.39, 0.29) is 23.1 Å². The number of nitrogens with two attached hydrogens (primary N) is 1. The highest BCUT2D eigenvalue weighted by Crippen LogP contribution is 2.35. The van der Waals surface area contributed by atoms with Crippen LogP contribution in [0, 0.1) is 11.6 Å². The zero-order valence-corrected chi connectivity index (χ0v) is 11.0. The van der Waals surface area contributed by atoms with Crippen molar-refractivity contribution in [2.75, 3.05) is 0 Å². The van der Waals surface area contributed by atoms with Crippen molar-refractivity contribution in [2.24, 2.45) is 5.73 Å². The minimum atomic E-state index is -0.370. The van der Waals surface area contributed by atoms with E-state index < -0.39 is 0 Å². The Morgan fingerprint density at radius 1 is 0.842 bits per heavy atom. The van der Waals surface area contributed by atoms with Gasteiger partial charge < -0.3 is 5.73 Å². The molecule has 0 saturated carbocycles. The second-order valence-electron chi connectivity index (χ2n) is 5.26. The summed E-state index contributed by atoms with van der Waals surface area (Å²) in [6.45, 7) is 3.99. The molecule has 1 nitrogen and oxygen atoms in total. The van der Waals surface area contributed by atoms with Crippen molar-refractivity contribution in [3.8, 4) is 0 Å². The zero-order chi connectivity index (χ0) is 14.0. The maximum atomic E-state index is 13.0. The van der Waals surface area contributed by atoms with E-state index in [1.54, 1.807) is 24.3 Å². The molecule has 1 atom stereocenters. The summed E-state index contributed by atoms with van der Waals surface area (Å²) >= 11 is 0. The van der Waals surface area contributed by atoms with Crippen LogP contribution in [0.2, 0.25) is 0 Å². The largest absolute Gasteiger partial charge is 0.323 e. The Hall–Kier alpha value is -1.74. The number of rotatable bonds is 3. The van der Waals surface area contributed by atoms with Crippen molar-refractivity contribution >= 4 is 0 Å². The van der Waals surface area contributed by atoms with Crippen molar-refractivity contribution in [1.29, 1.82) is 0 Å². The van der Waals surface area contributed by atoms with E-state index in [1.807, 2.05) is 13.8 Å². The SMILES string of the molecule is CC(C)(c1ccc(F)cc1)C(N)c1ccc(F)cc1. The normalized spacial score (nSPS) is 13.3. The van der Waals surface area contributed by atoms with Crippen molar-refractivity contribution in [3.05, 3.63) is 71.3 Å². The molecular formula is C16H17F2N. The van der Waals surface area contributed by atoms with Crippen LogP contribution in [0.25, 0.3) is 0 Å². The Morgan fingerprint density at radius 2 is 1.26 bits per heavy atom. The summed E-state index contributed by atoms with van der Waals surface area (Å²) in [5.74, 6) is -0.551. The van der Waals surface area contributed by atoms with Gasteiger partial charge in [0.25, 0.3) is 0 Å². The molecule has 0 heterocycles. The minimum Gasteiger partial charge on any atom is -0.323 e. The molecule has 0 aliphatic rings. The molecule has 0 radical (unpaired) electrons. The minimum absolute atomic E-state index is 0.269. The lowest BCUT2D eigenvalue weighted by atomic mass is 9.75. The maximum absolute atomic E-state index is 13.0. The third-order valence-electron chi connectivity index (χ3n) is 3.59. The van der Waals surface area contributed by atoms with E-state index in [0.29, 0.717) is 0 Å². The van der Waals surface area contributed by atoms with Gasteiger partial charge in [0, 0.05) is 11.5 Å².